The zero-order chi connectivity index (χ0) is 20.9. The van der Waals surface area contributed by atoms with Crippen LogP contribution in [0.4, 0.5) is 4.39 Å². The molecular formula is C24H26FN3O2. The van der Waals surface area contributed by atoms with Crippen LogP contribution >= 0.6 is 0 Å². The number of aryl methyl sites for hydroxylation is 1. The summed E-state index contributed by atoms with van der Waals surface area (Å²) in [7, 11) is 0. The Morgan fingerprint density at radius 1 is 1.17 bits per heavy atom. The van der Waals surface area contributed by atoms with Gasteiger partial charge in [-0.2, -0.15) is 0 Å². The molecule has 5 nitrogen and oxygen atoms in total. The van der Waals surface area contributed by atoms with Gasteiger partial charge in [0.15, 0.2) is 6.61 Å². The van der Waals surface area contributed by atoms with Crippen molar-refractivity contribution in [3.05, 3.63) is 72.3 Å². The van der Waals surface area contributed by atoms with Gasteiger partial charge in [0.05, 0.1) is 0 Å². The standard InChI is InChI=1S/C24H26FN3O2/c1-18-14-26-24(20-7-3-2-4-8-20)28(18)16-19-6-5-13-27(15-19)23(29)17-30-22-11-9-21(25)10-12-22/h2-4,7-12,14,19H,5-6,13,15-17H2,1H3. The molecule has 156 valence electrons. The molecule has 1 aliphatic rings. The summed E-state index contributed by atoms with van der Waals surface area (Å²) in [6, 6.07) is 15.9. The number of amides is 1. The van der Waals surface area contributed by atoms with E-state index in [1.165, 1.54) is 24.3 Å². The minimum absolute atomic E-state index is 0.0300. The maximum Gasteiger partial charge on any atom is 0.260 e. The van der Waals surface area contributed by atoms with Crippen molar-refractivity contribution in [2.75, 3.05) is 19.7 Å². The van der Waals surface area contributed by atoms with Crippen LogP contribution in [0.2, 0.25) is 0 Å². The highest BCUT2D eigenvalue weighted by atomic mass is 19.1. The van der Waals surface area contributed by atoms with Crippen molar-refractivity contribution in [1.82, 2.24) is 14.5 Å². The van der Waals surface area contributed by atoms with E-state index in [9.17, 15) is 9.18 Å². The number of hydrogen-bond acceptors (Lipinski definition) is 3. The fourth-order valence-corrected chi connectivity index (χ4v) is 3.98. The van der Waals surface area contributed by atoms with Crippen molar-refractivity contribution in [3.8, 4) is 17.1 Å². The highest BCUT2D eigenvalue weighted by Gasteiger charge is 2.25. The lowest BCUT2D eigenvalue weighted by Crippen LogP contribution is -2.43. The van der Waals surface area contributed by atoms with Crippen LogP contribution in [0.25, 0.3) is 11.4 Å². The lowest BCUT2D eigenvalue weighted by atomic mass is 9.97. The molecule has 3 aromatic rings. The second-order valence-electron chi connectivity index (χ2n) is 7.79. The molecule has 0 N–H and O–H groups in total. The summed E-state index contributed by atoms with van der Waals surface area (Å²) in [6.07, 6.45) is 3.96. The van der Waals surface area contributed by atoms with Gasteiger partial charge in [-0.1, -0.05) is 30.3 Å². The summed E-state index contributed by atoms with van der Waals surface area (Å²) >= 11 is 0. The lowest BCUT2D eigenvalue weighted by molar-refractivity contribution is -0.135. The summed E-state index contributed by atoms with van der Waals surface area (Å²) in [5.41, 5.74) is 2.22. The van der Waals surface area contributed by atoms with Crippen molar-refractivity contribution in [2.24, 2.45) is 5.92 Å². The Labute approximate surface area is 176 Å². The molecule has 0 spiro atoms. The number of ether oxygens (including phenoxy) is 1. The summed E-state index contributed by atoms with van der Waals surface area (Å²) in [6.45, 7) is 4.33. The Balaban J connectivity index is 1.38. The van der Waals surface area contributed by atoms with Crippen molar-refractivity contribution < 1.29 is 13.9 Å². The summed E-state index contributed by atoms with van der Waals surface area (Å²) in [5.74, 6) is 1.48. The molecule has 0 radical (unpaired) electrons. The molecule has 4 rings (SSSR count). The van der Waals surface area contributed by atoms with Gasteiger partial charge >= 0.3 is 0 Å². The van der Waals surface area contributed by atoms with Crippen LogP contribution in [0, 0.1) is 18.7 Å². The van der Waals surface area contributed by atoms with Crippen LogP contribution < -0.4 is 4.74 Å². The van der Waals surface area contributed by atoms with Crippen LogP contribution in [-0.2, 0) is 11.3 Å². The van der Waals surface area contributed by atoms with Crippen LogP contribution in [0.5, 0.6) is 5.75 Å². The van der Waals surface area contributed by atoms with Gasteiger partial charge in [-0.25, -0.2) is 9.37 Å². The maximum atomic E-state index is 13.0. The molecule has 0 bridgehead atoms. The van der Waals surface area contributed by atoms with Gasteiger partial charge in [0.25, 0.3) is 5.91 Å². The van der Waals surface area contributed by atoms with Gasteiger partial charge in [0.1, 0.15) is 17.4 Å². The minimum Gasteiger partial charge on any atom is -0.484 e. The van der Waals surface area contributed by atoms with Crippen molar-refractivity contribution in [2.45, 2.75) is 26.3 Å². The highest BCUT2D eigenvalue weighted by molar-refractivity contribution is 5.77. The van der Waals surface area contributed by atoms with E-state index >= 15 is 0 Å². The molecule has 0 aliphatic carbocycles. The zero-order valence-electron chi connectivity index (χ0n) is 17.1. The zero-order valence-corrected chi connectivity index (χ0v) is 17.1. The first kappa shape index (κ1) is 20.1. The number of carbonyl (C=O) groups excluding carboxylic acids is 1. The number of carbonyl (C=O) groups is 1. The van der Waals surface area contributed by atoms with Crippen molar-refractivity contribution in [3.63, 3.8) is 0 Å². The minimum atomic E-state index is -0.322. The van der Waals surface area contributed by atoms with E-state index in [2.05, 4.69) is 28.6 Å². The Bertz CT molecular complexity index is 985. The number of piperidine rings is 1. The normalized spacial score (nSPS) is 16.5. The predicted octanol–water partition coefficient (Wildman–Crippen LogP) is 4.32. The Hall–Kier alpha value is -3.15. The number of benzene rings is 2. The first-order valence-electron chi connectivity index (χ1n) is 10.3. The molecule has 2 aromatic carbocycles. The molecule has 1 aliphatic heterocycles. The average molecular weight is 407 g/mol. The van der Waals surface area contributed by atoms with Gasteiger partial charge < -0.3 is 14.2 Å². The molecular weight excluding hydrogens is 381 g/mol. The van der Waals surface area contributed by atoms with Gasteiger partial charge in [0, 0.05) is 37.1 Å². The monoisotopic (exact) mass is 407 g/mol. The molecule has 1 fully saturated rings. The molecule has 2 heterocycles. The van der Waals surface area contributed by atoms with Gasteiger partial charge in [-0.05, 0) is 49.9 Å². The smallest absolute Gasteiger partial charge is 0.260 e. The van der Waals surface area contributed by atoms with Gasteiger partial charge in [-0.3, -0.25) is 4.79 Å². The number of aromatic nitrogens is 2. The SMILES string of the molecule is Cc1cnc(-c2ccccc2)n1CC1CCCN(C(=O)COc2ccc(F)cc2)C1. The predicted molar refractivity (Wildman–Crippen MR) is 114 cm³/mol. The molecule has 1 saturated heterocycles. The third kappa shape index (κ3) is 4.70. The van der Waals surface area contributed by atoms with E-state index in [-0.39, 0.29) is 18.3 Å². The van der Waals surface area contributed by atoms with E-state index in [4.69, 9.17) is 4.74 Å². The third-order valence-electron chi connectivity index (χ3n) is 5.58. The fourth-order valence-electron chi connectivity index (χ4n) is 3.98. The fraction of sp³-hybridized carbons (Fsp3) is 0.333. The molecule has 6 heteroatoms. The molecule has 0 saturated carbocycles. The van der Waals surface area contributed by atoms with Crippen molar-refractivity contribution in [1.29, 1.82) is 0 Å². The quantitative estimate of drug-likeness (QED) is 0.612. The van der Waals surface area contributed by atoms with Crippen LogP contribution in [0.3, 0.4) is 0 Å². The third-order valence-corrected chi connectivity index (χ3v) is 5.58. The lowest BCUT2D eigenvalue weighted by Gasteiger charge is -2.33. The number of hydrogen-bond donors (Lipinski definition) is 0. The number of likely N-dealkylation sites (tertiary alicyclic amines) is 1. The second-order valence-corrected chi connectivity index (χ2v) is 7.79. The molecule has 1 aromatic heterocycles. The number of halogens is 1. The van der Waals surface area contributed by atoms with Crippen LogP contribution in [0.1, 0.15) is 18.5 Å². The Morgan fingerprint density at radius 2 is 1.93 bits per heavy atom. The first-order chi connectivity index (χ1) is 14.6. The molecule has 1 atom stereocenters. The number of imidazole rings is 1. The van der Waals surface area contributed by atoms with E-state index < -0.39 is 0 Å². The van der Waals surface area contributed by atoms with Gasteiger partial charge in [0.2, 0.25) is 0 Å². The van der Waals surface area contributed by atoms with Crippen LogP contribution in [-0.4, -0.2) is 40.1 Å². The van der Waals surface area contributed by atoms with E-state index in [1.807, 2.05) is 29.3 Å². The van der Waals surface area contributed by atoms with Gasteiger partial charge in [-0.15, -0.1) is 0 Å². The number of nitrogens with zero attached hydrogens (tertiary/aromatic N) is 3. The number of rotatable bonds is 6. The summed E-state index contributed by atoms with van der Waals surface area (Å²) in [5, 5.41) is 0. The van der Waals surface area contributed by atoms with E-state index in [1.54, 1.807) is 0 Å². The highest BCUT2D eigenvalue weighted by Crippen LogP contribution is 2.24. The molecule has 1 unspecified atom stereocenters. The molecule has 30 heavy (non-hydrogen) atoms. The molecule has 1 amide bonds. The Kier molecular flexibility index (Phi) is 6.12. The van der Waals surface area contributed by atoms with E-state index in [0.29, 0.717) is 18.2 Å². The average Bonchev–Trinajstić information content (AvgIpc) is 3.14. The largest absolute Gasteiger partial charge is 0.484 e. The Morgan fingerprint density at radius 3 is 2.70 bits per heavy atom. The summed E-state index contributed by atoms with van der Waals surface area (Å²) < 4.78 is 20.8. The topological polar surface area (TPSA) is 47.4 Å². The maximum absolute atomic E-state index is 13.0. The second kappa shape index (κ2) is 9.11. The van der Waals surface area contributed by atoms with E-state index in [0.717, 1.165) is 43.0 Å². The summed E-state index contributed by atoms with van der Waals surface area (Å²) in [4.78, 5) is 19.1. The van der Waals surface area contributed by atoms with Crippen LogP contribution in [0.15, 0.2) is 60.8 Å². The first-order valence-corrected chi connectivity index (χ1v) is 10.3. The van der Waals surface area contributed by atoms with Crippen molar-refractivity contribution >= 4 is 5.91 Å².